The summed E-state index contributed by atoms with van der Waals surface area (Å²) < 4.78 is 19.2. The Morgan fingerprint density at radius 1 is 1.03 bits per heavy atom. The van der Waals surface area contributed by atoms with Crippen LogP contribution in [0.1, 0.15) is 23.6 Å². The van der Waals surface area contributed by atoms with Crippen LogP contribution in [0, 0.1) is 3.57 Å². The van der Waals surface area contributed by atoms with Crippen molar-refractivity contribution in [3.63, 3.8) is 0 Å². The maximum absolute atomic E-state index is 12.3. The average Bonchev–Trinajstić information content (AvgIpc) is 3.15. The number of hydrogen-bond donors (Lipinski definition) is 0. The fourth-order valence-electron chi connectivity index (χ4n) is 3.06. The van der Waals surface area contributed by atoms with Crippen molar-refractivity contribution in [3.05, 3.63) is 97.2 Å². The molecule has 1 aliphatic rings. The van der Waals surface area contributed by atoms with Crippen LogP contribution in [0.5, 0.6) is 11.5 Å². The standard InChI is InChI=1S/C25H19BrINO4/c1-2-30-23-14-16(7-12-22(23)31-15-18-5-3-4-6-20(18)27)13-21-25(29)32-24(28-21)17-8-10-19(26)11-9-17/h3-14H,2,15H2,1H3/b21-13-. The van der Waals surface area contributed by atoms with Crippen LogP contribution >= 0.6 is 38.5 Å². The summed E-state index contributed by atoms with van der Waals surface area (Å²) in [4.78, 5) is 16.7. The summed E-state index contributed by atoms with van der Waals surface area (Å²) in [5.41, 5.74) is 2.84. The Morgan fingerprint density at radius 2 is 1.81 bits per heavy atom. The van der Waals surface area contributed by atoms with Crippen LogP contribution in [0.3, 0.4) is 0 Å². The number of hydrogen-bond acceptors (Lipinski definition) is 5. The van der Waals surface area contributed by atoms with Gasteiger partial charge in [-0.25, -0.2) is 9.79 Å². The lowest BCUT2D eigenvalue weighted by atomic mass is 10.1. The van der Waals surface area contributed by atoms with E-state index >= 15 is 0 Å². The van der Waals surface area contributed by atoms with Gasteiger partial charge in [0.05, 0.1) is 6.61 Å². The van der Waals surface area contributed by atoms with Crippen LogP contribution in [-0.2, 0) is 16.1 Å². The molecule has 0 saturated carbocycles. The predicted molar refractivity (Wildman–Crippen MR) is 136 cm³/mol. The second kappa shape index (κ2) is 10.3. The molecule has 4 rings (SSSR count). The highest BCUT2D eigenvalue weighted by molar-refractivity contribution is 14.1. The van der Waals surface area contributed by atoms with Gasteiger partial charge in [0.2, 0.25) is 5.90 Å². The summed E-state index contributed by atoms with van der Waals surface area (Å²) in [5, 5.41) is 0. The van der Waals surface area contributed by atoms with Crippen LogP contribution in [-0.4, -0.2) is 18.5 Å². The minimum atomic E-state index is -0.486. The number of carbonyl (C=O) groups is 1. The zero-order valence-corrected chi connectivity index (χ0v) is 20.9. The maximum Gasteiger partial charge on any atom is 0.363 e. The zero-order valence-electron chi connectivity index (χ0n) is 17.2. The highest BCUT2D eigenvalue weighted by atomic mass is 127. The molecule has 0 radical (unpaired) electrons. The van der Waals surface area contributed by atoms with Gasteiger partial charge in [0.25, 0.3) is 0 Å². The molecule has 0 bridgehead atoms. The Hall–Kier alpha value is -2.65. The van der Waals surface area contributed by atoms with E-state index in [2.05, 4.69) is 43.5 Å². The first-order chi connectivity index (χ1) is 15.5. The van der Waals surface area contributed by atoms with Gasteiger partial charge >= 0.3 is 5.97 Å². The number of esters is 1. The van der Waals surface area contributed by atoms with E-state index in [1.165, 1.54) is 0 Å². The van der Waals surface area contributed by atoms with Crippen LogP contribution in [0.15, 0.2) is 81.9 Å². The number of benzene rings is 3. The van der Waals surface area contributed by atoms with Crippen LogP contribution in [0.2, 0.25) is 0 Å². The van der Waals surface area contributed by atoms with Crippen molar-refractivity contribution in [2.24, 2.45) is 4.99 Å². The number of nitrogens with zero attached hydrogens (tertiary/aromatic N) is 1. The molecule has 0 atom stereocenters. The van der Waals surface area contributed by atoms with Gasteiger partial charge in [0.15, 0.2) is 17.2 Å². The van der Waals surface area contributed by atoms with Gasteiger partial charge in [0, 0.05) is 19.2 Å². The SMILES string of the molecule is CCOc1cc(/C=C2\N=C(c3ccc(Br)cc3)OC2=O)ccc1OCc1ccccc1I. The highest BCUT2D eigenvalue weighted by Gasteiger charge is 2.24. The number of cyclic esters (lactones) is 1. The molecular weight excluding hydrogens is 585 g/mol. The Balaban J connectivity index is 1.56. The Kier molecular flexibility index (Phi) is 7.26. The van der Waals surface area contributed by atoms with Crippen LogP contribution in [0.25, 0.3) is 6.08 Å². The number of rotatable bonds is 7. The number of ether oxygens (including phenoxy) is 3. The molecule has 0 unspecified atom stereocenters. The summed E-state index contributed by atoms with van der Waals surface area (Å²) >= 11 is 5.69. The molecular formula is C25H19BrINO4. The molecule has 0 amide bonds. The lowest BCUT2D eigenvalue weighted by Crippen LogP contribution is -2.05. The molecule has 5 nitrogen and oxygen atoms in total. The quantitative estimate of drug-likeness (QED) is 0.179. The molecule has 0 fully saturated rings. The van der Waals surface area contributed by atoms with Crippen molar-refractivity contribution in [1.82, 2.24) is 0 Å². The van der Waals surface area contributed by atoms with Crippen molar-refractivity contribution >= 4 is 56.5 Å². The van der Waals surface area contributed by atoms with E-state index in [1.807, 2.05) is 73.7 Å². The highest BCUT2D eigenvalue weighted by Crippen LogP contribution is 2.31. The Bertz CT molecular complexity index is 1200. The van der Waals surface area contributed by atoms with E-state index in [-0.39, 0.29) is 11.6 Å². The smallest absolute Gasteiger partial charge is 0.363 e. The largest absolute Gasteiger partial charge is 0.490 e. The molecule has 32 heavy (non-hydrogen) atoms. The molecule has 162 valence electrons. The first-order valence-corrected chi connectivity index (χ1v) is 11.8. The van der Waals surface area contributed by atoms with Gasteiger partial charge < -0.3 is 14.2 Å². The molecule has 3 aromatic rings. The van der Waals surface area contributed by atoms with Gasteiger partial charge in [-0.2, -0.15) is 0 Å². The van der Waals surface area contributed by atoms with E-state index in [9.17, 15) is 4.79 Å². The normalized spacial score (nSPS) is 14.3. The number of carbonyl (C=O) groups excluding carboxylic acids is 1. The Labute approximate surface area is 208 Å². The van der Waals surface area contributed by atoms with Crippen molar-refractivity contribution in [2.75, 3.05) is 6.61 Å². The lowest BCUT2D eigenvalue weighted by molar-refractivity contribution is -0.129. The van der Waals surface area contributed by atoms with E-state index in [0.29, 0.717) is 24.7 Å². The molecule has 3 aromatic carbocycles. The molecule has 1 aliphatic heterocycles. The summed E-state index contributed by atoms with van der Waals surface area (Å²) in [6.45, 7) is 2.85. The van der Waals surface area contributed by atoms with Crippen molar-refractivity contribution < 1.29 is 19.0 Å². The number of aliphatic imine (C=N–C) groups is 1. The number of halogens is 2. The second-order valence-corrected chi connectivity index (χ2v) is 8.94. The summed E-state index contributed by atoms with van der Waals surface area (Å²) in [7, 11) is 0. The van der Waals surface area contributed by atoms with Gasteiger partial charge in [-0.3, -0.25) is 0 Å². The topological polar surface area (TPSA) is 57.1 Å². The lowest BCUT2D eigenvalue weighted by Gasteiger charge is -2.13. The summed E-state index contributed by atoms with van der Waals surface area (Å²) in [6, 6.07) is 21.0. The summed E-state index contributed by atoms with van der Waals surface area (Å²) in [6.07, 6.45) is 1.68. The van der Waals surface area contributed by atoms with E-state index in [1.54, 1.807) is 6.08 Å². The van der Waals surface area contributed by atoms with Crippen molar-refractivity contribution in [1.29, 1.82) is 0 Å². The first kappa shape index (κ1) is 22.5. The third-order valence-corrected chi connectivity index (χ3v) is 6.20. The van der Waals surface area contributed by atoms with E-state index < -0.39 is 5.97 Å². The van der Waals surface area contributed by atoms with Crippen molar-refractivity contribution in [3.8, 4) is 11.5 Å². The van der Waals surface area contributed by atoms with E-state index in [4.69, 9.17) is 14.2 Å². The fourth-order valence-corrected chi connectivity index (χ4v) is 3.86. The molecule has 0 N–H and O–H groups in total. The van der Waals surface area contributed by atoms with Crippen LogP contribution < -0.4 is 9.47 Å². The van der Waals surface area contributed by atoms with Gasteiger partial charge in [-0.05, 0) is 83.6 Å². The minimum absolute atomic E-state index is 0.234. The molecule has 0 aliphatic carbocycles. The minimum Gasteiger partial charge on any atom is -0.490 e. The molecule has 0 spiro atoms. The predicted octanol–water partition coefficient (Wildman–Crippen LogP) is 6.38. The van der Waals surface area contributed by atoms with Gasteiger partial charge in [-0.1, -0.05) is 40.2 Å². The van der Waals surface area contributed by atoms with Gasteiger partial charge in [-0.15, -0.1) is 0 Å². The first-order valence-electron chi connectivity index (χ1n) is 9.95. The molecule has 0 aromatic heterocycles. The maximum atomic E-state index is 12.3. The fraction of sp³-hybridized carbons (Fsp3) is 0.120. The third-order valence-electron chi connectivity index (χ3n) is 4.62. The second-order valence-electron chi connectivity index (χ2n) is 6.86. The third kappa shape index (κ3) is 5.39. The molecule has 7 heteroatoms. The van der Waals surface area contributed by atoms with Crippen molar-refractivity contribution in [2.45, 2.75) is 13.5 Å². The average molecular weight is 604 g/mol. The zero-order chi connectivity index (χ0) is 22.5. The van der Waals surface area contributed by atoms with Gasteiger partial charge in [0.1, 0.15) is 6.61 Å². The Morgan fingerprint density at radius 3 is 2.56 bits per heavy atom. The molecule has 1 heterocycles. The van der Waals surface area contributed by atoms with E-state index in [0.717, 1.165) is 24.7 Å². The monoisotopic (exact) mass is 603 g/mol. The van der Waals surface area contributed by atoms with Crippen LogP contribution in [0.4, 0.5) is 0 Å². The molecule has 0 saturated heterocycles. The summed E-state index contributed by atoms with van der Waals surface area (Å²) in [5.74, 6) is 1.05.